The van der Waals surface area contributed by atoms with Gasteiger partial charge in [-0.15, -0.1) is 10.2 Å². The second-order valence-electron chi connectivity index (χ2n) is 7.24. The zero-order valence-corrected chi connectivity index (χ0v) is 16.2. The summed E-state index contributed by atoms with van der Waals surface area (Å²) in [6, 6.07) is 7.91. The van der Waals surface area contributed by atoms with Crippen LogP contribution in [0.4, 0.5) is 5.82 Å². The van der Waals surface area contributed by atoms with Gasteiger partial charge in [0.15, 0.2) is 5.82 Å². The number of hydrogen-bond donors (Lipinski definition) is 1. The highest BCUT2D eigenvalue weighted by molar-refractivity contribution is 5.94. The van der Waals surface area contributed by atoms with E-state index in [-0.39, 0.29) is 0 Å². The topological polar surface area (TPSA) is 97.6 Å². The lowest BCUT2D eigenvalue weighted by molar-refractivity contribution is 0.415. The van der Waals surface area contributed by atoms with Crippen molar-refractivity contribution in [2.75, 3.05) is 25.1 Å². The maximum Gasteiger partial charge on any atom is 0.151 e. The van der Waals surface area contributed by atoms with Gasteiger partial charge in [0.05, 0.1) is 37.3 Å². The maximum absolute atomic E-state index is 5.39. The molecule has 29 heavy (non-hydrogen) atoms. The summed E-state index contributed by atoms with van der Waals surface area (Å²) in [5.41, 5.74) is 3.42. The summed E-state index contributed by atoms with van der Waals surface area (Å²) in [7, 11) is 1.64. The Balaban J connectivity index is 1.36. The molecule has 0 spiro atoms. The molecule has 1 aliphatic rings. The normalized spacial score (nSPS) is 14.4. The van der Waals surface area contributed by atoms with Gasteiger partial charge in [0.25, 0.3) is 0 Å². The maximum atomic E-state index is 5.39. The van der Waals surface area contributed by atoms with Crippen molar-refractivity contribution in [2.45, 2.75) is 25.8 Å². The van der Waals surface area contributed by atoms with E-state index in [0.717, 1.165) is 52.5 Å². The van der Waals surface area contributed by atoms with Crippen molar-refractivity contribution in [1.29, 1.82) is 0 Å². The average Bonchev–Trinajstić information content (AvgIpc) is 3.43. The van der Waals surface area contributed by atoms with Crippen LogP contribution in [0.3, 0.4) is 0 Å². The van der Waals surface area contributed by atoms with E-state index >= 15 is 0 Å². The first-order chi connectivity index (χ1) is 14.3. The van der Waals surface area contributed by atoms with Crippen LogP contribution in [-0.2, 0) is 6.54 Å². The summed E-state index contributed by atoms with van der Waals surface area (Å²) in [5.74, 6) is 1.69. The summed E-state index contributed by atoms with van der Waals surface area (Å²) in [5, 5.41) is 25.5. The fourth-order valence-corrected chi connectivity index (χ4v) is 3.75. The molecule has 0 atom stereocenters. The molecule has 1 N–H and O–H groups in total. The molecule has 1 saturated heterocycles. The van der Waals surface area contributed by atoms with Gasteiger partial charge in [-0.25, -0.2) is 4.68 Å². The van der Waals surface area contributed by atoms with Crippen LogP contribution in [0.15, 0.2) is 36.7 Å². The van der Waals surface area contributed by atoms with Gasteiger partial charge in [0.2, 0.25) is 0 Å². The van der Waals surface area contributed by atoms with Gasteiger partial charge in [0, 0.05) is 30.1 Å². The molecule has 5 rings (SSSR count). The molecule has 0 aliphatic carbocycles. The Morgan fingerprint density at radius 1 is 1.07 bits per heavy atom. The number of nitrogens with one attached hydrogen (secondary N) is 1. The van der Waals surface area contributed by atoms with Gasteiger partial charge in [-0.05, 0) is 37.5 Å². The molecular weight excluding hydrogens is 368 g/mol. The number of aromatic amines is 1. The van der Waals surface area contributed by atoms with E-state index in [4.69, 9.17) is 4.74 Å². The van der Waals surface area contributed by atoms with E-state index in [9.17, 15) is 0 Å². The molecule has 0 unspecified atom stereocenters. The SMILES string of the molecule is COc1cc(-c2cn(Cc3ccc(N4CCCCC4)nn3)nn2)c2cn[nH]c2c1. The lowest BCUT2D eigenvalue weighted by atomic mass is 10.1. The quantitative estimate of drug-likeness (QED) is 0.559. The van der Waals surface area contributed by atoms with Crippen molar-refractivity contribution in [1.82, 2.24) is 35.4 Å². The Bertz CT molecular complexity index is 1110. The number of anilines is 1. The van der Waals surface area contributed by atoms with Crippen LogP contribution in [0.2, 0.25) is 0 Å². The summed E-state index contributed by atoms with van der Waals surface area (Å²) in [6.07, 6.45) is 7.43. The fraction of sp³-hybridized carbons (Fsp3) is 0.350. The number of piperidine rings is 1. The first-order valence-corrected chi connectivity index (χ1v) is 9.79. The van der Waals surface area contributed by atoms with Crippen molar-refractivity contribution >= 4 is 16.7 Å². The minimum absolute atomic E-state index is 0.513. The highest BCUT2D eigenvalue weighted by Crippen LogP contribution is 2.30. The molecule has 0 amide bonds. The number of rotatable bonds is 5. The molecular formula is C20H22N8O. The standard InChI is InChI=1S/C20H22N8O/c1-29-15-9-16(17-11-21-23-18(17)10-15)19-13-28(26-24-19)12-14-5-6-20(25-22-14)27-7-3-2-4-8-27/h5-6,9-11,13H,2-4,7-8,12H2,1H3,(H,21,23). The first-order valence-electron chi connectivity index (χ1n) is 9.79. The number of fused-ring (bicyclic) bond motifs is 1. The molecule has 148 valence electrons. The molecule has 9 heteroatoms. The number of methoxy groups -OCH3 is 1. The Labute approximate surface area is 167 Å². The second-order valence-corrected chi connectivity index (χ2v) is 7.24. The van der Waals surface area contributed by atoms with Gasteiger partial charge < -0.3 is 9.64 Å². The van der Waals surface area contributed by atoms with Gasteiger partial charge in [-0.1, -0.05) is 5.21 Å². The zero-order valence-electron chi connectivity index (χ0n) is 16.2. The predicted molar refractivity (Wildman–Crippen MR) is 109 cm³/mol. The number of hydrogen-bond acceptors (Lipinski definition) is 7. The monoisotopic (exact) mass is 390 g/mol. The van der Waals surface area contributed by atoms with E-state index in [0.29, 0.717) is 6.54 Å². The Morgan fingerprint density at radius 3 is 2.76 bits per heavy atom. The predicted octanol–water partition coefficient (Wildman–Crippen LogP) is 2.66. The summed E-state index contributed by atoms with van der Waals surface area (Å²) < 4.78 is 7.16. The molecule has 3 aromatic heterocycles. The average molecular weight is 390 g/mol. The lowest BCUT2D eigenvalue weighted by Gasteiger charge is -2.27. The third-order valence-electron chi connectivity index (χ3n) is 5.29. The Hall–Kier alpha value is -3.49. The van der Waals surface area contributed by atoms with E-state index in [1.807, 2.05) is 30.5 Å². The van der Waals surface area contributed by atoms with Crippen LogP contribution in [0.1, 0.15) is 25.0 Å². The lowest BCUT2D eigenvalue weighted by Crippen LogP contribution is -2.30. The number of ether oxygens (including phenoxy) is 1. The molecule has 1 fully saturated rings. The first kappa shape index (κ1) is 17.6. The van der Waals surface area contributed by atoms with Crippen LogP contribution in [0.5, 0.6) is 5.75 Å². The molecule has 0 saturated carbocycles. The van der Waals surface area contributed by atoms with Crippen LogP contribution < -0.4 is 9.64 Å². The number of aromatic nitrogens is 7. The highest BCUT2D eigenvalue weighted by Gasteiger charge is 2.14. The Morgan fingerprint density at radius 2 is 1.97 bits per heavy atom. The van der Waals surface area contributed by atoms with Crippen LogP contribution in [0.25, 0.3) is 22.2 Å². The van der Waals surface area contributed by atoms with Crippen LogP contribution in [-0.4, -0.2) is 55.6 Å². The fourth-order valence-electron chi connectivity index (χ4n) is 3.75. The zero-order chi connectivity index (χ0) is 19.6. The third-order valence-corrected chi connectivity index (χ3v) is 5.29. The van der Waals surface area contributed by atoms with Crippen molar-refractivity contribution in [3.63, 3.8) is 0 Å². The molecule has 0 bridgehead atoms. The molecule has 4 aromatic rings. The van der Waals surface area contributed by atoms with Crippen molar-refractivity contribution in [3.8, 4) is 17.0 Å². The molecule has 1 aliphatic heterocycles. The van der Waals surface area contributed by atoms with Crippen LogP contribution in [0, 0.1) is 0 Å². The van der Waals surface area contributed by atoms with Gasteiger partial charge >= 0.3 is 0 Å². The van der Waals surface area contributed by atoms with Gasteiger partial charge in [-0.2, -0.15) is 10.2 Å². The number of benzene rings is 1. The highest BCUT2D eigenvalue weighted by atomic mass is 16.5. The third kappa shape index (κ3) is 3.51. The number of nitrogens with zero attached hydrogens (tertiary/aromatic N) is 7. The minimum atomic E-state index is 0.513. The molecule has 1 aromatic carbocycles. The number of H-pyrrole nitrogens is 1. The largest absolute Gasteiger partial charge is 0.497 e. The summed E-state index contributed by atoms with van der Waals surface area (Å²) >= 11 is 0. The summed E-state index contributed by atoms with van der Waals surface area (Å²) in [6.45, 7) is 2.63. The van der Waals surface area contributed by atoms with Crippen molar-refractivity contribution in [2.24, 2.45) is 0 Å². The minimum Gasteiger partial charge on any atom is -0.497 e. The summed E-state index contributed by atoms with van der Waals surface area (Å²) in [4.78, 5) is 2.30. The van der Waals surface area contributed by atoms with E-state index in [1.54, 1.807) is 18.0 Å². The van der Waals surface area contributed by atoms with E-state index in [2.05, 4.69) is 35.6 Å². The molecule has 0 radical (unpaired) electrons. The van der Waals surface area contributed by atoms with Crippen molar-refractivity contribution in [3.05, 3.63) is 42.4 Å². The second kappa shape index (κ2) is 7.50. The van der Waals surface area contributed by atoms with Gasteiger partial charge in [0.1, 0.15) is 11.4 Å². The van der Waals surface area contributed by atoms with Gasteiger partial charge in [-0.3, -0.25) is 5.10 Å². The van der Waals surface area contributed by atoms with E-state index < -0.39 is 0 Å². The van der Waals surface area contributed by atoms with E-state index in [1.165, 1.54) is 19.3 Å². The molecule has 9 nitrogen and oxygen atoms in total. The smallest absolute Gasteiger partial charge is 0.151 e. The van der Waals surface area contributed by atoms with Crippen molar-refractivity contribution < 1.29 is 4.74 Å². The Kier molecular flexibility index (Phi) is 4.55. The molecule has 4 heterocycles. The van der Waals surface area contributed by atoms with Crippen LogP contribution >= 0.6 is 0 Å².